The average Bonchev–Trinajstić information content (AvgIpc) is 2.88. The van der Waals surface area contributed by atoms with E-state index in [0.717, 1.165) is 13.0 Å². The van der Waals surface area contributed by atoms with E-state index in [2.05, 4.69) is 22.4 Å². The molecule has 0 amide bonds. The Labute approximate surface area is 123 Å². The number of ether oxygens (including phenoxy) is 2. The molecular weight excluding hydrogens is 284 g/mol. The van der Waals surface area contributed by atoms with Gasteiger partial charge >= 0.3 is 0 Å². The first-order valence-electron chi connectivity index (χ1n) is 7.05. The van der Waals surface area contributed by atoms with Crippen LogP contribution < -0.4 is 5.32 Å². The summed E-state index contributed by atoms with van der Waals surface area (Å²) in [6.45, 7) is 3.10. The highest BCUT2D eigenvalue weighted by atomic mass is 19.3. The third kappa shape index (κ3) is 8.03. The van der Waals surface area contributed by atoms with Gasteiger partial charge in [-0.15, -0.1) is 0 Å². The number of hydrogen-bond donors (Lipinski definition) is 1. The van der Waals surface area contributed by atoms with E-state index in [1.807, 2.05) is 0 Å². The fourth-order valence-corrected chi connectivity index (χ4v) is 1.76. The van der Waals surface area contributed by atoms with E-state index in [1.54, 1.807) is 7.11 Å². The third-order valence-corrected chi connectivity index (χ3v) is 2.70. The molecule has 1 N–H and O–H groups in total. The summed E-state index contributed by atoms with van der Waals surface area (Å²) >= 11 is 0. The van der Waals surface area contributed by atoms with Crippen LogP contribution in [0.4, 0.5) is 8.78 Å². The highest BCUT2D eigenvalue weighted by Gasteiger charge is 2.14. The van der Waals surface area contributed by atoms with Crippen LogP contribution in [0.3, 0.4) is 0 Å². The van der Waals surface area contributed by atoms with Gasteiger partial charge in [-0.1, -0.05) is 12.1 Å². The second-order valence-corrected chi connectivity index (χ2v) is 4.63. The molecule has 122 valence electrons. The maximum Gasteiger partial charge on any atom is 0.261 e. The second-order valence-electron chi connectivity index (χ2n) is 4.63. The summed E-state index contributed by atoms with van der Waals surface area (Å²) in [6, 6.07) is 0.110. The van der Waals surface area contributed by atoms with E-state index < -0.39 is 13.0 Å². The fourth-order valence-electron chi connectivity index (χ4n) is 1.76. The van der Waals surface area contributed by atoms with E-state index >= 15 is 0 Å². The van der Waals surface area contributed by atoms with E-state index in [9.17, 15) is 8.78 Å². The molecule has 1 aromatic heterocycles. The van der Waals surface area contributed by atoms with Crippen molar-refractivity contribution in [3.63, 3.8) is 0 Å². The molecule has 1 heterocycles. The summed E-state index contributed by atoms with van der Waals surface area (Å²) in [5.41, 5.74) is 0. The Morgan fingerprint density at radius 1 is 1.33 bits per heavy atom. The molecular formula is C13H23F2N3O3. The monoisotopic (exact) mass is 307 g/mol. The zero-order valence-corrected chi connectivity index (χ0v) is 12.5. The van der Waals surface area contributed by atoms with Gasteiger partial charge in [-0.25, -0.2) is 8.78 Å². The van der Waals surface area contributed by atoms with Crippen molar-refractivity contribution in [2.45, 2.75) is 38.7 Å². The van der Waals surface area contributed by atoms with Crippen LogP contribution in [0.2, 0.25) is 0 Å². The first-order valence-corrected chi connectivity index (χ1v) is 7.05. The van der Waals surface area contributed by atoms with Crippen LogP contribution >= 0.6 is 0 Å². The van der Waals surface area contributed by atoms with Crippen molar-refractivity contribution in [1.82, 2.24) is 15.5 Å². The lowest BCUT2D eigenvalue weighted by Gasteiger charge is -2.15. The lowest BCUT2D eigenvalue weighted by Crippen LogP contribution is -2.35. The first kappa shape index (κ1) is 17.9. The molecule has 0 saturated heterocycles. The lowest BCUT2D eigenvalue weighted by molar-refractivity contribution is 0.0182. The molecule has 0 bridgehead atoms. The highest BCUT2D eigenvalue weighted by Crippen LogP contribution is 2.04. The Morgan fingerprint density at radius 3 is 2.81 bits per heavy atom. The smallest absolute Gasteiger partial charge is 0.261 e. The Morgan fingerprint density at radius 2 is 2.14 bits per heavy atom. The number of hydrogen-bond acceptors (Lipinski definition) is 6. The summed E-state index contributed by atoms with van der Waals surface area (Å²) in [7, 11) is 1.64. The Balaban J connectivity index is 2.34. The lowest BCUT2D eigenvalue weighted by atomic mass is 10.2. The van der Waals surface area contributed by atoms with Gasteiger partial charge in [0, 0.05) is 26.0 Å². The molecule has 0 radical (unpaired) electrons. The first-order chi connectivity index (χ1) is 10.2. The van der Waals surface area contributed by atoms with Crippen molar-refractivity contribution >= 4 is 0 Å². The van der Waals surface area contributed by atoms with E-state index in [0.29, 0.717) is 31.2 Å². The van der Waals surface area contributed by atoms with Crippen molar-refractivity contribution in [2.75, 3.05) is 33.5 Å². The number of alkyl halides is 2. The molecule has 6 nitrogen and oxygen atoms in total. The molecule has 0 fully saturated rings. The molecule has 0 aliphatic carbocycles. The van der Waals surface area contributed by atoms with Crippen molar-refractivity contribution in [3.8, 4) is 0 Å². The van der Waals surface area contributed by atoms with Crippen LogP contribution in [0.15, 0.2) is 4.52 Å². The quantitative estimate of drug-likeness (QED) is 0.590. The molecule has 1 aromatic rings. The average molecular weight is 307 g/mol. The maximum absolute atomic E-state index is 11.9. The molecule has 0 aliphatic heterocycles. The van der Waals surface area contributed by atoms with Gasteiger partial charge in [-0.2, -0.15) is 4.98 Å². The number of rotatable bonds is 12. The van der Waals surface area contributed by atoms with Crippen LogP contribution in [0.5, 0.6) is 0 Å². The van der Waals surface area contributed by atoms with Crippen LogP contribution in [0.25, 0.3) is 0 Å². The molecule has 0 aliphatic rings. The van der Waals surface area contributed by atoms with Crippen LogP contribution in [-0.4, -0.2) is 56.1 Å². The molecule has 1 rings (SSSR count). The van der Waals surface area contributed by atoms with Gasteiger partial charge in [-0.05, 0) is 13.0 Å². The van der Waals surface area contributed by atoms with Crippen molar-refractivity contribution < 1.29 is 22.8 Å². The van der Waals surface area contributed by atoms with E-state index in [4.69, 9.17) is 14.0 Å². The van der Waals surface area contributed by atoms with Crippen molar-refractivity contribution in [1.29, 1.82) is 0 Å². The van der Waals surface area contributed by atoms with E-state index in [-0.39, 0.29) is 12.6 Å². The normalized spacial score (nSPS) is 13.0. The Bertz CT molecular complexity index is 377. The zero-order chi connectivity index (χ0) is 15.5. The maximum atomic E-state index is 11.9. The summed E-state index contributed by atoms with van der Waals surface area (Å²) in [4.78, 5) is 4.22. The van der Waals surface area contributed by atoms with Gasteiger partial charge in [0.05, 0.1) is 13.2 Å². The molecule has 0 spiro atoms. The van der Waals surface area contributed by atoms with E-state index in [1.165, 1.54) is 0 Å². The Hall–Kier alpha value is -1.12. The molecule has 1 atom stereocenters. The van der Waals surface area contributed by atoms with Gasteiger partial charge in [0.25, 0.3) is 6.43 Å². The minimum atomic E-state index is -2.45. The predicted molar refractivity (Wildman–Crippen MR) is 72.5 cm³/mol. The molecule has 8 heteroatoms. The van der Waals surface area contributed by atoms with Crippen LogP contribution in [-0.2, 0) is 22.3 Å². The van der Waals surface area contributed by atoms with Crippen LogP contribution in [0, 0.1) is 0 Å². The minimum absolute atomic E-state index is 0.110. The third-order valence-electron chi connectivity index (χ3n) is 2.70. The number of nitrogens with zero attached hydrogens (tertiary/aromatic N) is 2. The zero-order valence-electron chi connectivity index (χ0n) is 12.5. The van der Waals surface area contributed by atoms with Gasteiger partial charge < -0.3 is 19.3 Å². The van der Waals surface area contributed by atoms with Gasteiger partial charge in [0.15, 0.2) is 5.82 Å². The molecule has 0 saturated carbocycles. The summed E-state index contributed by atoms with van der Waals surface area (Å²) in [5, 5.41) is 7.14. The SMILES string of the molecule is CCCNC(COC)Cc1nc(CCOCC(F)F)no1. The summed E-state index contributed by atoms with van der Waals surface area (Å²) < 4.78 is 38.8. The second kappa shape index (κ2) is 10.6. The number of halogens is 2. The van der Waals surface area contributed by atoms with Crippen LogP contribution in [0.1, 0.15) is 25.1 Å². The van der Waals surface area contributed by atoms with Crippen molar-refractivity contribution in [3.05, 3.63) is 11.7 Å². The molecule has 1 unspecified atom stereocenters. The van der Waals surface area contributed by atoms with Gasteiger partial charge in [0.2, 0.25) is 5.89 Å². The number of aromatic nitrogens is 2. The predicted octanol–water partition coefficient (Wildman–Crippen LogP) is 1.45. The van der Waals surface area contributed by atoms with Gasteiger partial charge in [-0.3, -0.25) is 0 Å². The minimum Gasteiger partial charge on any atom is -0.383 e. The molecule has 21 heavy (non-hydrogen) atoms. The van der Waals surface area contributed by atoms with Gasteiger partial charge in [0.1, 0.15) is 6.61 Å². The standard InChI is InChI=1S/C13H23F2N3O3/c1-3-5-16-10(8-19-2)7-13-17-12(18-21-13)4-6-20-9-11(14)15/h10-11,16H,3-9H2,1-2H3. The van der Waals surface area contributed by atoms with Crippen molar-refractivity contribution in [2.24, 2.45) is 0 Å². The number of methoxy groups -OCH3 is 1. The highest BCUT2D eigenvalue weighted by molar-refractivity contribution is 4.90. The Kier molecular flexibility index (Phi) is 9.04. The topological polar surface area (TPSA) is 69.4 Å². The number of nitrogens with one attached hydrogen (secondary N) is 1. The largest absolute Gasteiger partial charge is 0.383 e. The summed E-state index contributed by atoms with van der Waals surface area (Å²) in [5.74, 6) is 0.968. The fraction of sp³-hybridized carbons (Fsp3) is 0.846. The molecule has 0 aromatic carbocycles. The summed E-state index contributed by atoms with van der Waals surface area (Å²) in [6.07, 6.45) is -0.506.